The van der Waals surface area contributed by atoms with Gasteiger partial charge in [0.15, 0.2) is 0 Å². The Morgan fingerprint density at radius 3 is 2.62 bits per heavy atom. The Labute approximate surface area is 180 Å². The molecular formula is C21H29N3O3S2. The van der Waals surface area contributed by atoms with Gasteiger partial charge in [0.1, 0.15) is 6.04 Å². The second kappa shape index (κ2) is 10.3. The largest absolute Gasteiger partial charge is 0.347 e. The first-order valence-electron chi connectivity index (χ1n) is 10.0. The second-order valence-electron chi connectivity index (χ2n) is 7.84. The van der Waals surface area contributed by atoms with Crippen LogP contribution < -0.4 is 5.32 Å². The molecule has 2 fully saturated rings. The lowest BCUT2D eigenvalue weighted by Gasteiger charge is -2.39. The number of rotatable bonds is 8. The van der Waals surface area contributed by atoms with Crippen LogP contribution in [0.25, 0.3) is 6.08 Å². The van der Waals surface area contributed by atoms with Crippen molar-refractivity contribution in [3.8, 4) is 0 Å². The van der Waals surface area contributed by atoms with Crippen molar-refractivity contribution in [1.82, 2.24) is 15.1 Å². The van der Waals surface area contributed by atoms with Crippen molar-refractivity contribution < 1.29 is 14.4 Å². The van der Waals surface area contributed by atoms with Crippen molar-refractivity contribution in [1.29, 1.82) is 0 Å². The summed E-state index contributed by atoms with van der Waals surface area (Å²) in [6, 6.07) is 1.56. The van der Waals surface area contributed by atoms with E-state index in [1.165, 1.54) is 0 Å². The van der Waals surface area contributed by atoms with Crippen LogP contribution in [-0.2, 0) is 14.4 Å². The zero-order valence-corrected chi connectivity index (χ0v) is 18.5. The quantitative estimate of drug-likeness (QED) is 0.503. The summed E-state index contributed by atoms with van der Waals surface area (Å²) in [5.41, 5.74) is 1.16. The van der Waals surface area contributed by atoms with E-state index in [1.807, 2.05) is 39.0 Å². The normalized spacial score (nSPS) is 19.6. The van der Waals surface area contributed by atoms with Crippen LogP contribution in [0.5, 0.6) is 0 Å². The molecule has 1 atom stereocenters. The van der Waals surface area contributed by atoms with Gasteiger partial charge in [-0.25, -0.2) is 0 Å². The van der Waals surface area contributed by atoms with Gasteiger partial charge in [-0.2, -0.15) is 23.1 Å². The molecule has 0 radical (unpaired) electrons. The molecule has 2 aliphatic heterocycles. The van der Waals surface area contributed by atoms with E-state index in [-0.39, 0.29) is 17.2 Å². The van der Waals surface area contributed by atoms with E-state index >= 15 is 0 Å². The third kappa shape index (κ3) is 5.63. The number of carbonyl (C=O) groups excluding carboxylic acids is 3. The van der Waals surface area contributed by atoms with Crippen LogP contribution in [0.1, 0.15) is 31.2 Å². The Morgan fingerprint density at radius 1 is 1.28 bits per heavy atom. The maximum absolute atomic E-state index is 12.9. The van der Waals surface area contributed by atoms with E-state index < -0.39 is 6.04 Å². The molecule has 1 spiro atoms. The van der Waals surface area contributed by atoms with Crippen molar-refractivity contribution in [3.05, 3.63) is 28.5 Å². The number of likely N-dealkylation sites (tertiary alicyclic amines) is 2. The highest BCUT2D eigenvalue weighted by Crippen LogP contribution is 2.40. The average molecular weight is 436 g/mol. The summed E-state index contributed by atoms with van der Waals surface area (Å²) in [4.78, 5) is 40.0. The van der Waals surface area contributed by atoms with E-state index in [2.05, 4.69) is 5.32 Å². The minimum atomic E-state index is -0.431. The Kier molecular flexibility index (Phi) is 7.77. The molecule has 1 aromatic rings. The van der Waals surface area contributed by atoms with Gasteiger partial charge in [-0.05, 0) is 71.6 Å². The molecule has 1 N–H and O–H groups in total. The zero-order chi connectivity index (χ0) is 20.7. The predicted molar refractivity (Wildman–Crippen MR) is 119 cm³/mol. The number of thiophene rings is 1. The highest BCUT2D eigenvalue weighted by Gasteiger charge is 2.43. The first kappa shape index (κ1) is 21.9. The van der Waals surface area contributed by atoms with Crippen LogP contribution in [0, 0.1) is 5.41 Å². The molecule has 0 aliphatic carbocycles. The van der Waals surface area contributed by atoms with Crippen molar-refractivity contribution in [2.24, 2.45) is 5.41 Å². The Balaban J connectivity index is 1.51. The van der Waals surface area contributed by atoms with E-state index in [1.54, 1.807) is 29.2 Å². The fourth-order valence-corrected chi connectivity index (χ4v) is 5.29. The van der Waals surface area contributed by atoms with Crippen LogP contribution in [0.3, 0.4) is 0 Å². The lowest BCUT2D eigenvalue weighted by atomic mass is 9.77. The number of carbonyl (C=O) groups is 3. The summed E-state index contributed by atoms with van der Waals surface area (Å²) in [6.07, 6.45) is 9.62. The number of hydrogen-bond donors (Lipinski definition) is 1. The molecule has 0 saturated carbocycles. The van der Waals surface area contributed by atoms with Gasteiger partial charge in [0.2, 0.25) is 18.2 Å². The highest BCUT2D eigenvalue weighted by atomic mass is 32.2. The third-order valence-corrected chi connectivity index (χ3v) is 7.37. The Morgan fingerprint density at radius 2 is 2.00 bits per heavy atom. The fraction of sp³-hybridized carbons (Fsp3) is 0.571. The number of amides is 3. The lowest BCUT2D eigenvalue weighted by molar-refractivity contribution is -0.135. The molecule has 2 aliphatic rings. The molecule has 2 saturated heterocycles. The Bertz CT molecular complexity index is 728. The zero-order valence-electron chi connectivity index (χ0n) is 16.8. The maximum atomic E-state index is 12.9. The molecule has 0 unspecified atom stereocenters. The van der Waals surface area contributed by atoms with Crippen LogP contribution in [0.2, 0.25) is 0 Å². The molecule has 0 bridgehead atoms. The third-order valence-electron chi connectivity index (χ3n) is 6.03. The van der Waals surface area contributed by atoms with Crippen molar-refractivity contribution in [2.45, 2.75) is 31.7 Å². The van der Waals surface area contributed by atoms with Crippen molar-refractivity contribution in [2.75, 3.05) is 38.2 Å². The van der Waals surface area contributed by atoms with Crippen molar-refractivity contribution in [3.63, 3.8) is 0 Å². The van der Waals surface area contributed by atoms with Gasteiger partial charge in [0.25, 0.3) is 0 Å². The van der Waals surface area contributed by atoms with Crippen LogP contribution in [0.4, 0.5) is 0 Å². The van der Waals surface area contributed by atoms with Gasteiger partial charge in [-0.15, -0.1) is 0 Å². The van der Waals surface area contributed by atoms with Gasteiger partial charge in [0, 0.05) is 32.3 Å². The Hall–Kier alpha value is -1.80. The number of nitrogens with zero attached hydrogens (tertiary/aromatic N) is 2. The molecule has 6 nitrogen and oxygen atoms in total. The molecule has 158 valence electrons. The van der Waals surface area contributed by atoms with E-state index in [0.717, 1.165) is 56.8 Å². The van der Waals surface area contributed by atoms with Crippen molar-refractivity contribution >= 4 is 47.4 Å². The predicted octanol–water partition coefficient (Wildman–Crippen LogP) is 2.47. The average Bonchev–Trinajstić information content (AvgIpc) is 3.40. The topological polar surface area (TPSA) is 69.7 Å². The number of piperidine rings is 1. The summed E-state index contributed by atoms with van der Waals surface area (Å²) in [5, 5.41) is 6.71. The molecular weight excluding hydrogens is 406 g/mol. The molecule has 3 heterocycles. The van der Waals surface area contributed by atoms with Crippen LogP contribution in [0.15, 0.2) is 22.9 Å². The van der Waals surface area contributed by atoms with Crippen LogP contribution >= 0.6 is 23.1 Å². The first-order chi connectivity index (χ1) is 14.1. The number of hydrogen-bond acceptors (Lipinski definition) is 5. The number of thioether (sulfide) groups is 1. The van der Waals surface area contributed by atoms with Crippen LogP contribution in [-0.4, -0.2) is 72.3 Å². The van der Waals surface area contributed by atoms with Gasteiger partial charge in [-0.3, -0.25) is 14.4 Å². The minimum absolute atomic E-state index is 0.0280. The van der Waals surface area contributed by atoms with E-state index in [4.69, 9.17) is 0 Å². The maximum Gasteiger partial charge on any atom is 0.246 e. The van der Waals surface area contributed by atoms with Gasteiger partial charge >= 0.3 is 0 Å². The molecule has 3 amide bonds. The molecule has 1 aromatic heterocycles. The summed E-state index contributed by atoms with van der Waals surface area (Å²) in [6.45, 7) is 2.94. The van der Waals surface area contributed by atoms with E-state index in [9.17, 15) is 14.4 Å². The van der Waals surface area contributed by atoms with Gasteiger partial charge in [-0.1, -0.05) is 0 Å². The highest BCUT2D eigenvalue weighted by molar-refractivity contribution is 7.98. The molecule has 8 heteroatoms. The van der Waals surface area contributed by atoms with Gasteiger partial charge in [0.05, 0.1) is 0 Å². The monoisotopic (exact) mass is 435 g/mol. The number of nitrogens with one attached hydrogen (secondary N) is 1. The van der Waals surface area contributed by atoms with Gasteiger partial charge < -0.3 is 15.1 Å². The SMILES string of the molecule is CSCC[C@H](NC=O)C(=O)N1CCC2(CCN(C(=O)/C=C/c3ccsc3)CC2)C1. The minimum Gasteiger partial charge on any atom is -0.347 e. The summed E-state index contributed by atoms with van der Waals surface area (Å²) in [5.74, 6) is 0.927. The fourth-order valence-electron chi connectivity index (χ4n) is 4.19. The summed E-state index contributed by atoms with van der Waals surface area (Å²) < 4.78 is 0. The molecule has 3 rings (SSSR count). The smallest absolute Gasteiger partial charge is 0.246 e. The molecule has 29 heavy (non-hydrogen) atoms. The lowest BCUT2D eigenvalue weighted by Crippen LogP contribution is -2.48. The summed E-state index contributed by atoms with van der Waals surface area (Å²) in [7, 11) is 0. The first-order valence-corrected chi connectivity index (χ1v) is 12.4. The molecule has 0 aromatic carbocycles. The standard InChI is InChI=1S/C21H29N3O3S2/c1-28-12-5-18(22-16-25)20(27)24-11-8-21(15-24)6-9-23(10-7-21)19(26)3-2-17-4-13-29-14-17/h2-4,13-14,16,18H,5-12,15H2,1H3,(H,22,25)/b3-2+/t18-/m0/s1. The second-order valence-corrected chi connectivity index (χ2v) is 9.61. The van der Waals surface area contributed by atoms with E-state index in [0.29, 0.717) is 12.8 Å². The summed E-state index contributed by atoms with van der Waals surface area (Å²) >= 11 is 3.29.